The summed E-state index contributed by atoms with van der Waals surface area (Å²) in [4.78, 5) is 25.5. The first kappa shape index (κ1) is 16.0. The van der Waals surface area contributed by atoms with E-state index < -0.39 is 0 Å². The standard InChI is InChI=1S/C20H15NO2S/c22-19(21-16-11-5-2-6-12-16)17-13-7-8-14-18(17)24-20(23)15-9-3-1-4-10-15/h1-14H,(H,21,22). The molecule has 0 atom stereocenters. The average molecular weight is 333 g/mol. The predicted octanol–water partition coefficient (Wildman–Crippen LogP) is 4.87. The summed E-state index contributed by atoms with van der Waals surface area (Å²) >= 11 is 1.06. The van der Waals surface area contributed by atoms with Crippen molar-refractivity contribution in [2.24, 2.45) is 0 Å². The number of benzene rings is 3. The Morgan fingerprint density at radius 1 is 0.708 bits per heavy atom. The van der Waals surface area contributed by atoms with Crippen molar-refractivity contribution in [2.75, 3.05) is 5.32 Å². The molecule has 0 bridgehead atoms. The number of rotatable bonds is 4. The molecule has 1 N–H and O–H groups in total. The van der Waals surface area contributed by atoms with E-state index in [-0.39, 0.29) is 11.0 Å². The molecule has 3 aromatic rings. The van der Waals surface area contributed by atoms with Crippen LogP contribution in [0.25, 0.3) is 0 Å². The Kier molecular flexibility index (Phi) is 5.08. The second kappa shape index (κ2) is 7.62. The van der Waals surface area contributed by atoms with Gasteiger partial charge < -0.3 is 5.32 Å². The molecule has 118 valence electrons. The average Bonchev–Trinajstić information content (AvgIpc) is 2.63. The van der Waals surface area contributed by atoms with Crippen molar-refractivity contribution < 1.29 is 9.59 Å². The Bertz CT molecular complexity index is 848. The van der Waals surface area contributed by atoms with Crippen LogP contribution in [0.3, 0.4) is 0 Å². The Morgan fingerprint density at radius 3 is 2.00 bits per heavy atom. The Morgan fingerprint density at radius 2 is 1.29 bits per heavy atom. The molecular formula is C20H15NO2S. The number of para-hydroxylation sites is 1. The molecule has 0 aliphatic carbocycles. The normalized spacial score (nSPS) is 10.2. The number of hydrogen-bond acceptors (Lipinski definition) is 3. The van der Waals surface area contributed by atoms with Gasteiger partial charge in [-0.15, -0.1) is 0 Å². The van der Waals surface area contributed by atoms with Crippen LogP contribution in [-0.2, 0) is 0 Å². The van der Waals surface area contributed by atoms with Gasteiger partial charge in [0.15, 0.2) is 0 Å². The van der Waals surface area contributed by atoms with Gasteiger partial charge in [0.1, 0.15) is 0 Å². The lowest BCUT2D eigenvalue weighted by molar-refractivity contribution is 0.102. The summed E-state index contributed by atoms with van der Waals surface area (Å²) in [6, 6.07) is 25.4. The number of carbonyl (C=O) groups excluding carboxylic acids is 2. The number of carbonyl (C=O) groups is 2. The van der Waals surface area contributed by atoms with Gasteiger partial charge in [0.05, 0.1) is 5.56 Å². The van der Waals surface area contributed by atoms with Crippen LogP contribution in [0.1, 0.15) is 20.7 Å². The van der Waals surface area contributed by atoms with E-state index >= 15 is 0 Å². The molecule has 0 unspecified atom stereocenters. The van der Waals surface area contributed by atoms with Crippen LogP contribution in [0, 0.1) is 0 Å². The molecule has 3 aromatic carbocycles. The summed E-state index contributed by atoms with van der Waals surface area (Å²) in [5, 5.41) is 2.76. The molecule has 0 heterocycles. The van der Waals surface area contributed by atoms with Gasteiger partial charge in [-0.05, 0) is 36.0 Å². The number of nitrogens with one attached hydrogen (secondary N) is 1. The molecule has 0 aromatic heterocycles. The lowest BCUT2D eigenvalue weighted by atomic mass is 10.2. The topological polar surface area (TPSA) is 46.2 Å². The van der Waals surface area contributed by atoms with E-state index in [2.05, 4.69) is 5.32 Å². The highest BCUT2D eigenvalue weighted by Gasteiger charge is 2.15. The van der Waals surface area contributed by atoms with Crippen molar-refractivity contribution in [3.05, 3.63) is 96.1 Å². The minimum Gasteiger partial charge on any atom is -0.322 e. The van der Waals surface area contributed by atoms with Gasteiger partial charge in [0.25, 0.3) is 5.91 Å². The Labute approximate surface area is 144 Å². The lowest BCUT2D eigenvalue weighted by Crippen LogP contribution is -2.13. The largest absolute Gasteiger partial charge is 0.322 e. The molecule has 0 radical (unpaired) electrons. The van der Waals surface area contributed by atoms with Crippen molar-refractivity contribution in [3.8, 4) is 0 Å². The molecule has 24 heavy (non-hydrogen) atoms. The fraction of sp³-hybridized carbons (Fsp3) is 0. The first-order valence-corrected chi connectivity index (χ1v) is 8.28. The number of anilines is 1. The summed E-state index contributed by atoms with van der Waals surface area (Å²) in [6.45, 7) is 0. The molecule has 0 aliphatic rings. The summed E-state index contributed by atoms with van der Waals surface area (Å²) in [6.07, 6.45) is 0. The quantitative estimate of drug-likeness (QED) is 0.693. The maximum absolute atomic E-state index is 12.5. The van der Waals surface area contributed by atoms with Crippen molar-refractivity contribution in [1.82, 2.24) is 0 Å². The fourth-order valence-corrected chi connectivity index (χ4v) is 3.07. The van der Waals surface area contributed by atoms with E-state index in [1.54, 1.807) is 30.3 Å². The molecule has 0 spiro atoms. The predicted molar refractivity (Wildman–Crippen MR) is 97.5 cm³/mol. The smallest absolute Gasteiger partial charge is 0.256 e. The van der Waals surface area contributed by atoms with E-state index in [9.17, 15) is 9.59 Å². The molecule has 0 saturated heterocycles. The molecule has 0 aliphatic heterocycles. The second-order valence-electron chi connectivity index (χ2n) is 5.07. The van der Waals surface area contributed by atoms with E-state index in [1.165, 1.54) is 0 Å². The molecule has 0 saturated carbocycles. The van der Waals surface area contributed by atoms with Crippen LogP contribution >= 0.6 is 11.8 Å². The van der Waals surface area contributed by atoms with Crippen LogP contribution in [0.2, 0.25) is 0 Å². The van der Waals surface area contributed by atoms with Crippen molar-refractivity contribution in [2.45, 2.75) is 4.90 Å². The van der Waals surface area contributed by atoms with E-state index in [1.807, 2.05) is 54.6 Å². The summed E-state index contributed by atoms with van der Waals surface area (Å²) < 4.78 is 0. The van der Waals surface area contributed by atoms with Gasteiger partial charge >= 0.3 is 0 Å². The zero-order valence-corrected chi connectivity index (χ0v) is 13.6. The van der Waals surface area contributed by atoms with Crippen molar-refractivity contribution in [3.63, 3.8) is 0 Å². The molecule has 4 heteroatoms. The number of thioether (sulfide) groups is 1. The van der Waals surface area contributed by atoms with Crippen molar-refractivity contribution >= 4 is 28.5 Å². The number of amides is 1. The first-order chi connectivity index (χ1) is 11.7. The summed E-state index contributed by atoms with van der Waals surface area (Å²) in [5.74, 6) is -0.231. The highest BCUT2D eigenvalue weighted by atomic mass is 32.2. The maximum atomic E-state index is 12.5. The minimum absolute atomic E-state index is 0.0874. The monoisotopic (exact) mass is 333 g/mol. The van der Waals surface area contributed by atoms with E-state index in [0.29, 0.717) is 16.0 Å². The highest BCUT2D eigenvalue weighted by molar-refractivity contribution is 8.14. The molecular weight excluding hydrogens is 318 g/mol. The minimum atomic E-state index is -0.231. The maximum Gasteiger partial charge on any atom is 0.256 e. The first-order valence-electron chi connectivity index (χ1n) is 7.47. The third-order valence-corrected chi connectivity index (χ3v) is 4.37. The van der Waals surface area contributed by atoms with Crippen molar-refractivity contribution in [1.29, 1.82) is 0 Å². The van der Waals surface area contributed by atoms with Crippen LogP contribution in [0.5, 0.6) is 0 Å². The molecule has 3 nitrogen and oxygen atoms in total. The van der Waals surface area contributed by atoms with Gasteiger partial charge in [-0.25, -0.2) is 0 Å². The zero-order valence-electron chi connectivity index (χ0n) is 12.8. The van der Waals surface area contributed by atoms with E-state index in [0.717, 1.165) is 17.4 Å². The van der Waals surface area contributed by atoms with Crippen LogP contribution < -0.4 is 5.32 Å². The third kappa shape index (κ3) is 3.91. The lowest BCUT2D eigenvalue weighted by Gasteiger charge is -2.09. The number of hydrogen-bond donors (Lipinski definition) is 1. The van der Waals surface area contributed by atoms with Gasteiger partial charge in [-0.1, -0.05) is 60.7 Å². The Balaban J connectivity index is 1.80. The summed E-state index contributed by atoms with van der Waals surface area (Å²) in [7, 11) is 0. The molecule has 0 fully saturated rings. The van der Waals surface area contributed by atoms with E-state index in [4.69, 9.17) is 0 Å². The van der Waals surface area contributed by atoms with Gasteiger partial charge in [0, 0.05) is 16.1 Å². The Hall–Kier alpha value is -2.85. The van der Waals surface area contributed by atoms with Gasteiger partial charge in [-0.3, -0.25) is 9.59 Å². The van der Waals surface area contributed by atoms with Crippen LogP contribution in [0.15, 0.2) is 89.8 Å². The fourth-order valence-electron chi connectivity index (χ4n) is 2.20. The summed E-state index contributed by atoms with van der Waals surface area (Å²) in [5.41, 5.74) is 1.81. The SMILES string of the molecule is O=C(Sc1ccccc1C(=O)Nc1ccccc1)c1ccccc1. The van der Waals surface area contributed by atoms with Crippen LogP contribution in [0.4, 0.5) is 5.69 Å². The third-order valence-electron chi connectivity index (χ3n) is 3.38. The van der Waals surface area contributed by atoms with Gasteiger partial charge in [0.2, 0.25) is 5.12 Å². The second-order valence-corrected chi connectivity index (χ2v) is 6.09. The zero-order chi connectivity index (χ0) is 16.8. The highest BCUT2D eigenvalue weighted by Crippen LogP contribution is 2.27. The molecule has 3 rings (SSSR count). The molecule has 1 amide bonds. The van der Waals surface area contributed by atoms with Gasteiger partial charge in [-0.2, -0.15) is 0 Å². The van der Waals surface area contributed by atoms with Crippen LogP contribution in [-0.4, -0.2) is 11.0 Å².